The molecule has 2 aliphatic heterocycles. The van der Waals surface area contributed by atoms with Crippen molar-refractivity contribution in [3.05, 3.63) is 107 Å². The number of aromatic nitrogens is 1. The standard InChI is InChI=1S/C29H16N2O2/c32-29-21-10-4-3-9-19(21)20-14-16-25-28-27(20)31(29)23-12-6-5-11-22(23)30(28)26-18-8-2-1-7-17(18)13-15-24(26)33-25/h1-16H. The van der Waals surface area contributed by atoms with E-state index in [0.717, 1.165) is 66.7 Å². The lowest BCUT2D eigenvalue weighted by atomic mass is 9.98. The second kappa shape index (κ2) is 5.81. The monoisotopic (exact) mass is 424 g/mol. The third-order valence-electron chi connectivity index (χ3n) is 6.88. The molecule has 0 N–H and O–H groups in total. The minimum absolute atomic E-state index is 0.0117. The van der Waals surface area contributed by atoms with Gasteiger partial charge in [-0.1, -0.05) is 60.7 Å². The molecule has 2 aliphatic rings. The first-order valence-corrected chi connectivity index (χ1v) is 11.0. The van der Waals surface area contributed by atoms with Crippen LogP contribution >= 0.6 is 0 Å². The van der Waals surface area contributed by atoms with Crippen LogP contribution in [0.25, 0.3) is 38.1 Å². The number of pyridine rings is 1. The summed E-state index contributed by atoms with van der Waals surface area (Å²) in [5.41, 5.74) is 4.64. The van der Waals surface area contributed by atoms with Crippen LogP contribution in [-0.2, 0) is 0 Å². The van der Waals surface area contributed by atoms with Crippen LogP contribution in [0.15, 0.2) is 102 Å². The molecule has 8 rings (SSSR count). The molecular formula is C29H16N2O2. The zero-order valence-corrected chi connectivity index (χ0v) is 17.4. The Balaban J connectivity index is 1.65. The fraction of sp³-hybridized carbons (Fsp3) is 0. The molecule has 0 saturated heterocycles. The van der Waals surface area contributed by atoms with Gasteiger partial charge in [0.25, 0.3) is 5.56 Å². The van der Waals surface area contributed by atoms with Crippen molar-refractivity contribution in [2.24, 2.45) is 0 Å². The van der Waals surface area contributed by atoms with E-state index < -0.39 is 0 Å². The highest BCUT2D eigenvalue weighted by Gasteiger charge is 2.36. The van der Waals surface area contributed by atoms with E-state index in [0.29, 0.717) is 0 Å². The highest BCUT2D eigenvalue weighted by Crippen LogP contribution is 2.58. The Bertz CT molecular complexity index is 1880. The smallest absolute Gasteiger partial charge is 0.263 e. The number of hydrogen-bond donors (Lipinski definition) is 0. The lowest BCUT2D eigenvalue weighted by Gasteiger charge is -2.39. The third-order valence-corrected chi connectivity index (χ3v) is 6.88. The topological polar surface area (TPSA) is 34.5 Å². The van der Waals surface area contributed by atoms with Gasteiger partial charge in [-0.05, 0) is 47.2 Å². The number of fused-ring (bicyclic) bond motifs is 9. The largest absolute Gasteiger partial charge is 0.453 e. The predicted molar refractivity (Wildman–Crippen MR) is 133 cm³/mol. The van der Waals surface area contributed by atoms with Gasteiger partial charge in [0.2, 0.25) is 0 Å². The molecule has 0 aliphatic carbocycles. The number of ether oxygens (including phenoxy) is 1. The van der Waals surface area contributed by atoms with Crippen molar-refractivity contribution in [3.63, 3.8) is 0 Å². The van der Waals surface area contributed by atoms with Crippen LogP contribution in [0.2, 0.25) is 0 Å². The van der Waals surface area contributed by atoms with Gasteiger partial charge in [-0.25, -0.2) is 0 Å². The molecule has 0 unspecified atom stereocenters. The second-order valence-corrected chi connectivity index (χ2v) is 8.55. The van der Waals surface area contributed by atoms with Crippen molar-refractivity contribution < 1.29 is 4.74 Å². The second-order valence-electron chi connectivity index (χ2n) is 8.55. The molecule has 0 atom stereocenters. The summed E-state index contributed by atoms with van der Waals surface area (Å²) in [5, 5.41) is 4.98. The van der Waals surface area contributed by atoms with Crippen LogP contribution in [0.3, 0.4) is 0 Å². The van der Waals surface area contributed by atoms with E-state index in [9.17, 15) is 4.79 Å². The molecule has 3 heterocycles. The van der Waals surface area contributed by atoms with Crippen molar-refractivity contribution in [1.82, 2.24) is 4.57 Å². The normalized spacial score (nSPS) is 13.2. The molecular weight excluding hydrogens is 408 g/mol. The fourth-order valence-electron chi connectivity index (χ4n) is 5.52. The summed E-state index contributed by atoms with van der Waals surface area (Å²) in [4.78, 5) is 16.1. The molecule has 33 heavy (non-hydrogen) atoms. The van der Waals surface area contributed by atoms with Crippen molar-refractivity contribution >= 4 is 49.5 Å². The van der Waals surface area contributed by atoms with Gasteiger partial charge >= 0.3 is 0 Å². The average Bonchev–Trinajstić information content (AvgIpc) is 2.88. The summed E-state index contributed by atoms with van der Waals surface area (Å²) in [5.74, 6) is 1.56. The highest BCUT2D eigenvalue weighted by molar-refractivity contribution is 6.17. The predicted octanol–water partition coefficient (Wildman–Crippen LogP) is 7.19. The number of para-hydroxylation sites is 2. The number of nitrogens with zero attached hydrogens (tertiary/aromatic N) is 2. The minimum atomic E-state index is -0.0117. The number of benzene rings is 5. The van der Waals surface area contributed by atoms with E-state index >= 15 is 0 Å². The van der Waals surface area contributed by atoms with E-state index in [1.165, 1.54) is 0 Å². The van der Waals surface area contributed by atoms with Gasteiger partial charge in [0.1, 0.15) is 5.69 Å². The molecule has 1 aromatic heterocycles. The number of rotatable bonds is 0. The maximum atomic E-state index is 13.8. The first kappa shape index (κ1) is 17.0. The summed E-state index contributed by atoms with van der Waals surface area (Å²) in [7, 11) is 0. The van der Waals surface area contributed by atoms with Gasteiger partial charge in [-0.2, -0.15) is 0 Å². The summed E-state index contributed by atoms with van der Waals surface area (Å²) < 4.78 is 8.33. The Morgan fingerprint density at radius 2 is 1.21 bits per heavy atom. The summed E-state index contributed by atoms with van der Waals surface area (Å²) in [6, 6.07) is 32.6. The Kier molecular flexibility index (Phi) is 3.00. The number of hydrogen-bond acceptors (Lipinski definition) is 3. The van der Waals surface area contributed by atoms with E-state index in [1.54, 1.807) is 0 Å². The molecule has 0 spiro atoms. The van der Waals surface area contributed by atoms with Gasteiger partial charge in [0, 0.05) is 16.2 Å². The maximum Gasteiger partial charge on any atom is 0.263 e. The minimum Gasteiger partial charge on any atom is -0.453 e. The molecule has 154 valence electrons. The van der Waals surface area contributed by atoms with Crippen molar-refractivity contribution in [2.75, 3.05) is 4.90 Å². The zero-order chi connectivity index (χ0) is 21.7. The number of anilines is 3. The molecule has 4 nitrogen and oxygen atoms in total. The first-order valence-electron chi connectivity index (χ1n) is 11.0. The van der Waals surface area contributed by atoms with E-state index in [1.807, 2.05) is 59.2 Å². The quantitative estimate of drug-likeness (QED) is 0.242. The summed E-state index contributed by atoms with van der Waals surface area (Å²) in [6.45, 7) is 0. The van der Waals surface area contributed by atoms with Crippen LogP contribution in [0, 0.1) is 0 Å². The Morgan fingerprint density at radius 1 is 0.545 bits per heavy atom. The van der Waals surface area contributed by atoms with Gasteiger partial charge in [-0.15, -0.1) is 0 Å². The molecule has 0 radical (unpaired) electrons. The first-order chi connectivity index (χ1) is 16.3. The zero-order valence-electron chi connectivity index (χ0n) is 17.4. The summed E-state index contributed by atoms with van der Waals surface area (Å²) in [6.07, 6.45) is 0. The Morgan fingerprint density at radius 3 is 2.09 bits per heavy atom. The van der Waals surface area contributed by atoms with Crippen LogP contribution in [0.4, 0.5) is 17.1 Å². The van der Waals surface area contributed by atoms with Crippen molar-refractivity contribution in [3.8, 4) is 17.2 Å². The van der Waals surface area contributed by atoms with Gasteiger partial charge < -0.3 is 4.74 Å². The lowest BCUT2D eigenvalue weighted by molar-refractivity contribution is 0.478. The molecule has 5 aromatic carbocycles. The van der Waals surface area contributed by atoms with E-state index in [-0.39, 0.29) is 5.56 Å². The van der Waals surface area contributed by atoms with E-state index in [4.69, 9.17) is 4.74 Å². The molecule has 0 saturated carbocycles. The van der Waals surface area contributed by atoms with E-state index in [2.05, 4.69) is 47.4 Å². The lowest BCUT2D eigenvalue weighted by Crippen LogP contribution is -2.28. The van der Waals surface area contributed by atoms with Crippen LogP contribution in [-0.4, -0.2) is 4.57 Å². The van der Waals surface area contributed by atoms with Gasteiger partial charge in [0.05, 0.1) is 22.6 Å². The Labute approximate surface area is 188 Å². The van der Waals surface area contributed by atoms with Crippen LogP contribution in [0.5, 0.6) is 11.5 Å². The third kappa shape index (κ3) is 1.99. The molecule has 0 amide bonds. The average molecular weight is 424 g/mol. The highest BCUT2D eigenvalue weighted by atomic mass is 16.5. The fourth-order valence-corrected chi connectivity index (χ4v) is 5.52. The Hall–Kier alpha value is -4.57. The van der Waals surface area contributed by atoms with Crippen molar-refractivity contribution in [2.45, 2.75) is 0 Å². The SMILES string of the molecule is O=c1c2ccccc2c2ccc3c4c2n1-c1ccccc1N4c1c(ccc2ccccc12)O3. The van der Waals surface area contributed by atoms with Crippen LogP contribution in [0.1, 0.15) is 0 Å². The van der Waals surface area contributed by atoms with Gasteiger partial charge in [0.15, 0.2) is 11.5 Å². The molecule has 0 bridgehead atoms. The van der Waals surface area contributed by atoms with Gasteiger partial charge in [-0.3, -0.25) is 14.3 Å². The van der Waals surface area contributed by atoms with Crippen LogP contribution < -0.4 is 15.2 Å². The maximum absolute atomic E-state index is 13.8. The van der Waals surface area contributed by atoms with Crippen molar-refractivity contribution in [1.29, 1.82) is 0 Å². The molecule has 6 aromatic rings. The molecule has 0 fully saturated rings. The summed E-state index contributed by atoms with van der Waals surface area (Å²) >= 11 is 0. The molecule has 4 heteroatoms.